The van der Waals surface area contributed by atoms with Gasteiger partial charge in [0, 0.05) is 5.69 Å². The molecule has 0 aliphatic rings. The molecule has 2 aromatic rings. The monoisotopic (exact) mass is 386 g/mol. The highest BCUT2D eigenvalue weighted by Crippen LogP contribution is 2.30. The van der Waals surface area contributed by atoms with Gasteiger partial charge >= 0.3 is 6.61 Å². The molecule has 5 nitrogen and oxygen atoms in total. The maximum absolute atomic E-state index is 12.5. The van der Waals surface area contributed by atoms with Gasteiger partial charge in [0.05, 0.1) is 6.61 Å². The summed E-state index contributed by atoms with van der Waals surface area (Å²) >= 11 is 0. The van der Waals surface area contributed by atoms with E-state index >= 15 is 0 Å². The van der Waals surface area contributed by atoms with Gasteiger partial charge in [-0.1, -0.05) is 25.1 Å². The summed E-state index contributed by atoms with van der Waals surface area (Å²) in [6, 6.07) is 13.3. The number of nitriles is 1. The van der Waals surface area contributed by atoms with Crippen LogP contribution in [0.2, 0.25) is 0 Å². The van der Waals surface area contributed by atoms with Gasteiger partial charge in [-0.3, -0.25) is 4.79 Å². The second-order valence-electron chi connectivity index (χ2n) is 5.69. The normalized spacial score (nSPS) is 11.1. The predicted octanol–water partition coefficient (Wildman–Crippen LogP) is 4.79. The van der Waals surface area contributed by atoms with Crippen molar-refractivity contribution in [1.82, 2.24) is 0 Å². The topological polar surface area (TPSA) is 71.3 Å². The highest BCUT2D eigenvalue weighted by atomic mass is 19.3. The predicted molar refractivity (Wildman–Crippen MR) is 102 cm³/mol. The molecular weight excluding hydrogens is 366 g/mol. The van der Waals surface area contributed by atoms with Gasteiger partial charge in [0.25, 0.3) is 5.91 Å². The number of carbonyl (C=O) groups excluding carboxylic acids is 1. The Bertz CT molecular complexity index is 888. The van der Waals surface area contributed by atoms with E-state index in [9.17, 15) is 18.8 Å². The molecule has 2 aromatic carbocycles. The number of ether oxygens (including phenoxy) is 2. The number of aryl methyl sites for hydroxylation is 1. The Balaban J connectivity index is 2.23. The van der Waals surface area contributed by atoms with Crippen LogP contribution in [0.4, 0.5) is 14.5 Å². The number of carbonyl (C=O) groups is 1. The molecule has 0 unspecified atom stereocenters. The first-order valence-corrected chi connectivity index (χ1v) is 8.70. The molecule has 0 radical (unpaired) electrons. The molecule has 0 aliphatic heterocycles. The van der Waals surface area contributed by atoms with E-state index in [0.717, 1.165) is 12.0 Å². The van der Waals surface area contributed by atoms with E-state index in [2.05, 4.69) is 10.1 Å². The zero-order chi connectivity index (χ0) is 20.5. The Labute approximate surface area is 162 Å². The summed E-state index contributed by atoms with van der Waals surface area (Å²) in [7, 11) is 0. The van der Waals surface area contributed by atoms with Gasteiger partial charge in [-0.15, -0.1) is 0 Å². The maximum atomic E-state index is 12.5. The average Bonchev–Trinajstić information content (AvgIpc) is 2.68. The van der Waals surface area contributed by atoms with Gasteiger partial charge in [-0.05, 0) is 54.8 Å². The molecule has 28 heavy (non-hydrogen) atoms. The second kappa shape index (κ2) is 10.1. The summed E-state index contributed by atoms with van der Waals surface area (Å²) < 4.78 is 34.7. The first-order chi connectivity index (χ1) is 13.5. The maximum Gasteiger partial charge on any atom is 0.387 e. The van der Waals surface area contributed by atoms with Crippen molar-refractivity contribution >= 4 is 17.7 Å². The number of rotatable bonds is 8. The summed E-state index contributed by atoms with van der Waals surface area (Å²) in [4.78, 5) is 12.4. The van der Waals surface area contributed by atoms with E-state index < -0.39 is 12.5 Å². The van der Waals surface area contributed by atoms with Crippen molar-refractivity contribution in [3.63, 3.8) is 0 Å². The lowest BCUT2D eigenvalue weighted by atomic mass is 10.1. The quantitative estimate of drug-likeness (QED) is 0.523. The van der Waals surface area contributed by atoms with Crippen molar-refractivity contribution in [1.29, 1.82) is 5.26 Å². The Morgan fingerprint density at radius 2 is 1.89 bits per heavy atom. The third-order valence-corrected chi connectivity index (χ3v) is 3.78. The number of hydrogen-bond acceptors (Lipinski definition) is 4. The highest BCUT2D eigenvalue weighted by Gasteiger charge is 2.13. The fourth-order valence-electron chi connectivity index (χ4n) is 2.41. The summed E-state index contributed by atoms with van der Waals surface area (Å²) in [5.41, 5.74) is 2.00. The van der Waals surface area contributed by atoms with Crippen LogP contribution in [-0.2, 0) is 11.2 Å². The Morgan fingerprint density at radius 1 is 1.18 bits per heavy atom. The van der Waals surface area contributed by atoms with Crippen LogP contribution in [-0.4, -0.2) is 19.1 Å². The largest absolute Gasteiger partial charge is 0.490 e. The molecule has 1 amide bonds. The van der Waals surface area contributed by atoms with Gasteiger partial charge in [0.1, 0.15) is 11.6 Å². The number of amides is 1. The summed E-state index contributed by atoms with van der Waals surface area (Å²) in [5.74, 6) is -0.588. The summed E-state index contributed by atoms with van der Waals surface area (Å²) in [6.45, 7) is 0.983. The van der Waals surface area contributed by atoms with Crippen LogP contribution in [0.15, 0.2) is 48.0 Å². The molecule has 0 atom stereocenters. The van der Waals surface area contributed by atoms with Gasteiger partial charge < -0.3 is 14.8 Å². The molecule has 146 valence electrons. The third-order valence-electron chi connectivity index (χ3n) is 3.78. The van der Waals surface area contributed by atoms with E-state index in [-0.39, 0.29) is 23.7 Å². The van der Waals surface area contributed by atoms with Crippen LogP contribution in [0.25, 0.3) is 6.08 Å². The van der Waals surface area contributed by atoms with Crippen molar-refractivity contribution in [3.05, 3.63) is 59.2 Å². The zero-order valence-corrected chi connectivity index (χ0v) is 15.5. The number of anilines is 1. The molecule has 0 saturated heterocycles. The molecule has 0 fully saturated rings. The number of hydrogen-bond donors (Lipinski definition) is 1. The minimum absolute atomic E-state index is 0.101. The number of nitrogens with one attached hydrogen (secondary N) is 1. The molecule has 1 N–H and O–H groups in total. The van der Waals surface area contributed by atoms with Crippen LogP contribution in [0.5, 0.6) is 11.5 Å². The number of halogens is 2. The molecule has 0 heterocycles. The van der Waals surface area contributed by atoms with E-state index in [1.807, 2.05) is 25.1 Å². The first kappa shape index (κ1) is 20.9. The van der Waals surface area contributed by atoms with Gasteiger partial charge in [-0.25, -0.2) is 0 Å². The number of nitrogens with zero attached hydrogens (tertiary/aromatic N) is 1. The van der Waals surface area contributed by atoms with Gasteiger partial charge in [-0.2, -0.15) is 14.0 Å². The summed E-state index contributed by atoms with van der Waals surface area (Å²) in [6.07, 6.45) is 2.23. The van der Waals surface area contributed by atoms with Crippen molar-refractivity contribution in [2.24, 2.45) is 0 Å². The van der Waals surface area contributed by atoms with Crippen LogP contribution in [0.3, 0.4) is 0 Å². The van der Waals surface area contributed by atoms with Crippen molar-refractivity contribution in [3.8, 4) is 17.6 Å². The Kier molecular flexibility index (Phi) is 7.52. The lowest BCUT2D eigenvalue weighted by Gasteiger charge is -2.12. The molecular formula is C21H20F2N2O3. The van der Waals surface area contributed by atoms with Crippen molar-refractivity contribution in [2.45, 2.75) is 26.9 Å². The van der Waals surface area contributed by atoms with Gasteiger partial charge in [0.15, 0.2) is 11.5 Å². The molecule has 2 rings (SSSR count). The van der Waals surface area contributed by atoms with E-state index in [1.165, 1.54) is 24.3 Å². The smallest absolute Gasteiger partial charge is 0.387 e. The van der Waals surface area contributed by atoms with Crippen molar-refractivity contribution in [2.75, 3.05) is 11.9 Å². The minimum Gasteiger partial charge on any atom is -0.490 e. The Morgan fingerprint density at radius 3 is 2.46 bits per heavy atom. The minimum atomic E-state index is -2.99. The molecule has 7 heteroatoms. The van der Waals surface area contributed by atoms with Crippen LogP contribution in [0, 0.1) is 11.3 Å². The van der Waals surface area contributed by atoms with Crippen LogP contribution in [0.1, 0.15) is 25.0 Å². The van der Waals surface area contributed by atoms with E-state index in [1.54, 1.807) is 19.1 Å². The SMILES string of the molecule is CCOc1cc(C=C(C#N)C(=O)Nc2ccc(CC)cc2)ccc1OC(F)F. The molecule has 0 saturated carbocycles. The van der Waals surface area contributed by atoms with Crippen LogP contribution < -0.4 is 14.8 Å². The second-order valence-corrected chi connectivity index (χ2v) is 5.69. The highest BCUT2D eigenvalue weighted by molar-refractivity contribution is 6.09. The lowest BCUT2D eigenvalue weighted by molar-refractivity contribution is -0.112. The fraction of sp³-hybridized carbons (Fsp3) is 0.238. The first-order valence-electron chi connectivity index (χ1n) is 8.70. The lowest BCUT2D eigenvalue weighted by Crippen LogP contribution is -2.13. The number of benzene rings is 2. The zero-order valence-electron chi connectivity index (χ0n) is 15.5. The van der Waals surface area contributed by atoms with E-state index in [4.69, 9.17) is 4.74 Å². The summed E-state index contributed by atoms with van der Waals surface area (Å²) in [5, 5.41) is 12.0. The number of alkyl halides is 2. The van der Waals surface area contributed by atoms with E-state index in [0.29, 0.717) is 11.3 Å². The average molecular weight is 386 g/mol. The van der Waals surface area contributed by atoms with Crippen molar-refractivity contribution < 1.29 is 23.0 Å². The molecule has 0 aliphatic carbocycles. The molecule has 0 aromatic heterocycles. The fourth-order valence-corrected chi connectivity index (χ4v) is 2.41. The van der Waals surface area contributed by atoms with Gasteiger partial charge in [0.2, 0.25) is 0 Å². The van der Waals surface area contributed by atoms with Crippen LogP contribution >= 0.6 is 0 Å². The molecule has 0 bridgehead atoms. The molecule has 0 spiro atoms. The Hall–Kier alpha value is -3.40. The third kappa shape index (κ3) is 5.81. The standard InChI is InChI=1S/C21H20F2N2O3/c1-3-14-5-8-17(9-6-14)25-20(26)16(13-24)11-15-7-10-18(28-21(22)23)19(12-15)27-4-2/h5-12,21H,3-4H2,1-2H3,(H,25,26).